The number of hydrogen-bond acceptors (Lipinski definition) is 5. The Morgan fingerprint density at radius 1 is 1.12 bits per heavy atom. The van der Waals surface area contributed by atoms with Crippen LogP contribution < -0.4 is 10.6 Å². The van der Waals surface area contributed by atoms with E-state index in [1.54, 1.807) is 0 Å². The van der Waals surface area contributed by atoms with Gasteiger partial charge >= 0.3 is 6.03 Å². The number of benzene rings is 1. The Morgan fingerprint density at radius 3 is 2.42 bits per heavy atom. The molecule has 3 heterocycles. The van der Waals surface area contributed by atoms with Crippen molar-refractivity contribution < 1.29 is 4.79 Å². The maximum absolute atomic E-state index is 12.4. The predicted molar refractivity (Wildman–Crippen MR) is 105 cm³/mol. The lowest BCUT2D eigenvalue weighted by molar-refractivity contribution is 0.151. The molecular weight excluding hydrogens is 346 g/mol. The summed E-state index contributed by atoms with van der Waals surface area (Å²) in [5, 5.41) is 15.7. The Labute approximate surface area is 158 Å². The summed E-state index contributed by atoms with van der Waals surface area (Å²) in [4.78, 5) is 14.8. The van der Waals surface area contributed by atoms with E-state index in [0.29, 0.717) is 17.2 Å². The van der Waals surface area contributed by atoms with Crippen LogP contribution in [0.15, 0.2) is 18.2 Å². The van der Waals surface area contributed by atoms with E-state index in [9.17, 15) is 4.79 Å². The van der Waals surface area contributed by atoms with Gasteiger partial charge in [-0.3, -0.25) is 5.32 Å². The van der Waals surface area contributed by atoms with Crippen LogP contribution in [0.25, 0.3) is 10.6 Å². The first-order chi connectivity index (χ1) is 12.5. The van der Waals surface area contributed by atoms with Crippen LogP contribution in [0.2, 0.25) is 0 Å². The highest BCUT2D eigenvalue weighted by molar-refractivity contribution is 7.18. The third-order valence-electron chi connectivity index (χ3n) is 5.55. The fourth-order valence-corrected chi connectivity index (χ4v) is 5.06. The molecular formula is C19H25N5OS. The summed E-state index contributed by atoms with van der Waals surface area (Å²) in [6.45, 7) is 4.14. The van der Waals surface area contributed by atoms with Crippen LogP contribution in [-0.4, -0.2) is 46.3 Å². The summed E-state index contributed by atoms with van der Waals surface area (Å²) in [5.41, 5.74) is 3.43. The number of anilines is 1. The topological polar surface area (TPSA) is 70.1 Å². The molecule has 1 aromatic heterocycles. The lowest BCUT2D eigenvalue weighted by atomic mass is 9.98. The second-order valence-electron chi connectivity index (χ2n) is 7.61. The van der Waals surface area contributed by atoms with Gasteiger partial charge in [0.25, 0.3) is 0 Å². The molecule has 1 aromatic carbocycles. The van der Waals surface area contributed by atoms with Crippen LogP contribution in [0.3, 0.4) is 0 Å². The van der Waals surface area contributed by atoms with Crippen molar-refractivity contribution in [1.82, 2.24) is 20.4 Å². The molecule has 2 bridgehead atoms. The van der Waals surface area contributed by atoms with Crippen molar-refractivity contribution in [1.29, 1.82) is 0 Å². The Balaban J connectivity index is 1.37. The van der Waals surface area contributed by atoms with E-state index < -0.39 is 0 Å². The molecule has 6 nitrogen and oxygen atoms in total. The van der Waals surface area contributed by atoms with Crippen molar-refractivity contribution in [3.05, 3.63) is 29.3 Å². The van der Waals surface area contributed by atoms with Gasteiger partial charge in [-0.25, -0.2) is 4.79 Å². The minimum absolute atomic E-state index is 0.179. The molecule has 2 saturated heterocycles. The molecule has 4 rings (SSSR count). The third-order valence-corrected chi connectivity index (χ3v) is 6.44. The minimum atomic E-state index is -0.179. The number of carbonyl (C=O) groups is 1. The number of aromatic nitrogens is 2. The zero-order chi connectivity index (χ0) is 18.3. The largest absolute Gasteiger partial charge is 0.335 e. The first kappa shape index (κ1) is 17.4. The van der Waals surface area contributed by atoms with Gasteiger partial charge in [0.2, 0.25) is 5.13 Å². The standard InChI is InChI=1S/C19H25N5OS/c1-11-6-12(2)8-13(7-11)17-22-23-19(26-17)21-18(25)20-14-9-15-4-5-16(10-14)24(15)3/h6-8,14-16H,4-5,9-10H2,1-3H3,(H2,20,21,23,25). The molecule has 2 amide bonds. The highest BCUT2D eigenvalue weighted by Gasteiger charge is 2.38. The number of fused-ring (bicyclic) bond motifs is 2. The number of urea groups is 1. The quantitative estimate of drug-likeness (QED) is 0.865. The van der Waals surface area contributed by atoms with Gasteiger partial charge in [-0.05, 0) is 58.7 Å². The first-order valence-corrected chi connectivity index (χ1v) is 10.0. The van der Waals surface area contributed by atoms with E-state index in [1.807, 2.05) is 0 Å². The van der Waals surface area contributed by atoms with Crippen LogP contribution in [0.1, 0.15) is 36.8 Å². The molecule has 7 heteroatoms. The van der Waals surface area contributed by atoms with Crippen molar-refractivity contribution in [3.8, 4) is 10.6 Å². The molecule has 2 fully saturated rings. The number of amides is 2. The maximum Gasteiger partial charge on any atom is 0.321 e. The van der Waals surface area contributed by atoms with Gasteiger partial charge in [0.05, 0.1) is 0 Å². The van der Waals surface area contributed by atoms with E-state index in [-0.39, 0.29) is 12.1 Å². The number of hydrogen-bond donors (Lipinski definition) is 2. The van der Waals surface area contributed by atoms with Gasteiger partial charge < -0.3 is 10.2 Å². The van der Waals surface area contributed by atoms with Crippen LogP contribution in [0.5, 0.6) is 0 Å². The molecule has 2 aliphatic rings. The average Bonchev–Trinajstić information content (AvgIpc) is 3.08. The summed E-state index contributed by atoms with van der Waals surface area (Å²) < 4.78 is 0. The molecule has 0 radical (unpaired) electrons. The lowest BCUT2D eigenvalue weighted by Gasteiger charge is -2.36. The summed E-state index contributed by atoms with van der Waals surface area (Å²) in [7, 11) is 2.20. The molecule has 2 aromatic rings. The SMILES string of the molecule is Cc1cc(C)cc(-c2nnc(NC(=O)NC3CC4CCC(C3)N4C)s2)c1. The highest BCUT2D eigenvalue weighted by Crippen LogP contribution is 2.34. The van der Waals surface area contributed by atoms with Crippen molar-refractivity contribution in [2.75, 3.05) is 12.4 Å². The molecule has 2 N–H and O–H groups in total. The lowest BCUT2D eigenvalue weighted by Crippen LogP contribution is -2.49. The van der Waals surface area contributed by atoms with E-state index in [0.717, 1.165) is 23.4 Å². The minimum Gasteiger partial charge on any atom is -0.335 e. The number of aryl methyl sites for hydroxylation is 2. The molecule has 2 atom stereocenters. The van der Waals surface area contributed by atoms with Gasteiger partial charge in [0, 0.05) is 23.7 Å². The van der Waals surface area contributed by atoms with Crippen molar-refractivity contribution in [2.24, 2.45) is 0 Å². The summed E-state index contributed by atoms with van der Waals surface area (Å²) in [5.74, 6) is 0. The van der Waals surface area contributed by atoms with Crippen molar-refractivity contribution in [3.63, 3.8) is 0 Å². The number of nitrogens with zero attached hydrogens (tertiary/aromatic N) is 3. The monoisotopic (exact) mass is 371 g/mol. The molecule has 26 heavy (non-hydrogen) atoms. The van der Waals surface area contributed by atoms with Crippen molar-refractivity contribution in [2.45, 2.75) is 57.7 Å². The van der Waals surface area contributed by atoms with Gasteiger partial charge in [0.15, 0.2) is 0 Å². The van der Waals surface area contributed by atoms with E-state index >= 15 is 0 Å². The number of nitrogens with one attached hydrogen (secondary N) is 2. The zero-order valence-corrected chi connectivity index (χ0v) is 16.3. The van der Waals surface area contributed by atoms with E-state index in [2.05, 4.69) is 64.8 Å². The normalized spacial score (nSPS) is 25.3. The Morgan fingerprint density at radius 2 is 1.77 bits per heavy atom. The van der Waals surface area contributed by atoms with Crippen LogP contribution in [0, 0.1) is 13.8 Å². The second-order valence-corrected chi connectivity index (χ2v) is 8.58. The first-order valence-electron chi connectivity index (χ1n) is 9.19. The smallest absolute Gasteiger partial charge is 0.321 e. The predicted octanol–water partition coefficient (Wildman–Crippen LogP) is 3.57. The average molecular weight is 372 g/mol. The van der Waals surface area contributed by atoms with Gasteiger partial charge in [-0.15, -0.1) is 10.2 Å². The van der Waals surface area contributed by atoms with Crippen LogP contribution in [-0.2, 0) is 0 Å². The third kappa shape index (κ3) is 3.59. The highest BCUT2D eigenvalue weighted by atomic mass is 32.1. The van der Waals surface area contributed by atoms with Gasteiger partial charge in [-0.1, -0.05) is 28.5 Å². The maximum atomic E-state index is 12.4. The molecule has 0 aliphatic carbocycles. The number of carbonyl (C=O) groups excluding carboxylic acids is 1. The van der Waals surface area contributed by atoms with E-state index in [4.69, 9.17) is 0 Å². The Kier molecular flexibility index (Phi) is 4.67. The summed E-state index contributed by atoms with van der Waals surface area (Å²) >= 11 is 1.41. The molecule has 2 unspecified atom stereocenters. The molecule has 0 saturated carbocycles. The van der Waals surface area contributed by atoms with Gasteiger partial charge in [0.1, 0.15) is 5.01 Å². The van der Waals surface area contributed by atoms with Gasteiger partial charge in [-0.2, -0.15) is 0 Å². The molecule has 2 aliphatic heterocycles. The zero-order valence-electron chi connectivity index (χ0n) is 15.5. The van der Waals surface area contributed by atoms with Crippen LogP contribution >= 0.6 is 11.3 Å². The summed E-state index contributed by atoms with van der Waals surface area (Å²) in [6, 6.07) is 7.59. The number of piperidine rings is 1. The Bertz CT molecular complexity index is 786. The van der Waals surface area contributed by atoms with E-state index in [1.165, 1.54) is 35.3 Å². The van der Waals surface area contributed by atoms with Crippen LogP contribution in [0.4, 0.5) is 9.93 Å². The fourth-order valence-electron chi connectivity index (χ4n) is 4.34. The molecule has 138 valence electrons. The van der Waals surface area contributed by atoms with Crippen molar-refractivity contribution >= 4 is 22.5 Å². The Hall–Kier alpha value is -1.99. The fraction of sp³-hybridized carbons (Fsp3) is 0.526. The number of rotatable bonds is 3. The summed E-state index contributed by atoms with van der Waals surface area (Å²) in [6.07, 6.45) is 4.56. The second kappa shape index (κ2) is 6.96. The molecule has 0 spiro atoms.